The average Bonchev–Trinajstić information content (AvgIpc) is 2.68. The van der Waals surface area contributed by atoms with E-state index in [1.54, 1.807) is 6.07 Å². The van der Waals surface area contributed by atoms with Crippen LogP contribution in [-0.4, -0.2) is 44.9 Å². The Morgan fingerprint density at radius 2 is 2.18 bits per heavy atom. The van der Waals surface area contributed by atoms with E-state index in [1.165, 1.54) is 13.0 Å². The van der Waals surface area contributed by atoms with Gasteiger partial charge in [0.2, 0.25) is 5.91 Å². The minimum Gasteiger partial charge on any atom is -0.372 e. The molecule has 2 aromatic carbocycles. The number of ether oxygens (including phenoxy) is 2. The van der Waals surface area contributed by atoms with E-state index in [2.05, 4.69) is 10.6 Å². The summed E-state index contributed by atoms with van der Waals surface area (Å²) in [7, 11) is 0. The topological polar surface area (TPSA) is 59.6 Å². The highest BCUT2D eigenvalue weighted by Gasteiger charge is 2.30. The molecule has 2 atom stereocenters. The number of aryl methyl sites for hydroxylation is 1. The third-order valence-corrected chi connectivity index (χ3v) is 4.73. The third-order valence-electron chi connectivity index (χ3n) is 4.73. The lowest BCUT2D eigenvalue weighted by molar-refractivity contribution is -0.119. The van der Waals surface area contributed by atoms with Crippen molar-refractivity contribution < 1.29 is 18.7 Å². The van der Waals surface area contributed by atoms with E-state index >= 15 is 0 Å². The molecule has 1 heterocycles. The standard InChI is InChI=1S/C22H27FN2O3/c1-15-5-3-6-17(13-15)21-18(7-4-8-19(21)23)22(20-14-24-9-11-27-20)28-12-10-25-16(2)26/h3-8,13,20,22,24H,9-12,14H2,1-2H3,(H,25,26)/t20?,22-/m0/s1. The van der Waals surface area contributed by atoms with Crippen molar-refractivity contribution >= 4 is 5.91 Å². The van der Waals surface area contributed by atoms with Crippen molar-refractivity contribution in [1.82, 2.24) is 10.6 Å². The zero-order valence-electron chi connectivity index (χ0n) is 16.3. The van der Waals surface area contributed by atoms with Crippen LogP contribution in [-0.2, 0) is 14.3 Å². The zero-order valence-corrected chi connectivity index (χ0v) is 16.3. The fourth-order valence-corrected chi connectivity index (χ4v) is 3.47. The number of amides is 1. The summed E-state index contributed by atoms with van der Waals surface area (Å²) >= 11 is 0. The first-order chi connectivity index (χ1) is 13.6. The van der Waals surface area contributed by atoms with Crippen LogP contribution in [0.3, 0.4) is 0 Å². The summed E-state index contributed by atoms with van der Waals surface area (Å²) in [4.78, 5) is 11.1. The first kappa shape index (κ1) is 20.5. The molecule has 0 bridgehead atoms. The van der Waals surface area contributed by atoms with Gasteiger partial charge in [-0.25, -0.2) is 4.39 Å². The van der Waals surface area contributed by atoms with Gasteiger partial charge in [-0.05, 0) is 24.1 Å². The Bertz CT molecular complexity index is 806. The summed E-state index contributed by atoms with van der Waals surface area (Å²) in [5.41, 5.74) is 3.16. The molecule has 0 radical (unpaired) electrons. The fraction of sp³-hybridized carbons (Fsp3) is 0.409. The van der Waals surface area contributed by atoms with E-state index in [0.717, 1.165) is 23.2 Å². The minimum atomic E-state index is -0.451. The molecular formula is C22H27FN2O3. The van der Waals surface area contributed by atoms with Crippen molar-refractivity contribution in [3.8, 4) is 11.1 Å². The molecule has 0 aromatic heterocycles. The van der Waals surface area contributed by atoms with Gasteiger partial charge >= 0.3 is 0 Å². The predicted molar refractivity (Wildman–Crippen MR) is 107 cm³/mol. The van der Waals surface area contributed by atoms with E-state index < -0.39 is 6.10 Å². The molecule has 150 valence electrons. The maximum atomic E-state index is 14.9. The molecule has 1 aliphatic heterocycles. The van der Waals surface area contributed by atoms with Crippen LogP contribution in [0.2, 0.25) is 0 Å². The summed E-state index contributed by atoms with van der Waals surface area (Å²) in [5.74, 6) is -0.399. The van der Waals surface area contributed by atoms with Gasteiger partial charge in [-0.1, -0.05) is 42.0 Å². The van der Waals surface area contributed by atoms with Crippen LogP contribution < -0.4 is 10.6 Å². The molecular weight excluding hydrogens is 359 g/mol. The maximum absolute atomic E-state index is 14.9. The normalized spacial score (nSPS) is 17.9. The Hall–Kier alpha value is -2.28. The van der Waals surface area contributed by atoms with Gasteiger partial charge in [0.15, 0.2) is 0 Å². The van der Waals surface area contributed by atoms with Gasteiger partial charge in [0.1, 0.15) is 18.0 Å². The van der Waals surface area contributed by atoms with Crippen molar-refractivity contribution in [3.63, 3.8) is 0 Å². The molecule has 3 rings (SSSR count). The van der Waals surface area contributed by atoms with E-state index in [-0.39, 0.29) is 17.8 Å². The molecule has 1 saturated heterocycles. The molecule has 0 aliphatic carbocycles. The first-order valence-electron chi connectivity index (χ1n) is 9.60. The van der Waals surface area contributed by atoms with Crippen LogP contribution in [0.15, 0.2) is 42.5 Å². The average molecular weight is 386 g/mol. The van der Waals surface area contributed by atoms with Gasteiger partial charge in [0, 0.05) is 32.1 Å². The van der Waals surface area contributed by atoms with Crippen LogP contribution in [0.4, 0.5) is 4.39 Å². The van der Waals surface area contributed by atoms with E-state index in [0.29, 0.717) is 31.9 Å². The van der Waals surface area contributed by atoms with Gasteiger partial charge in [-0.15, -0.1) is 0 Å². The van der Waals surface area contributed by atoms with Crippen molar-refractivity contribution in [3.05, 3.63) is 59.4 Å². The van der Waals surface area contributed by atoms with Crippen LogP contribution in [0.1, 0.15) is 24.2 Å². The van der Waals surface area contributed by atoms with Crippen LogP contribution in [0, 0.1) is 12.7 Å². The van der Waals surface area contributed by atoms with Crippen LogP contribution >= 0.6 is 0 Å². The lowest BCUT2D eigenvalue weighted by atomic mass is 9.92. The van der Waals surface area contributed by atoms with Gasteiger partial charge in [0.05, 0.1) is 13.2 Å². The number of nitrogens with one attached hydrogen (secondary N) is 2. The summed E-state index contributed by atoms with van der Waals surface area (Å²) in [6.45, 7) is 6.13. The molecule has 2 aromatic rings. The molecule has 28 heavy (non-hydrogen) atoms. The number of halogens is 1. The number of benzene rings is 2. The summed E-state index contributed by atoms with van der Waals surface area (Å²) in [6.07, 6.45) is -0.691. The van der Waals surface area contributed by atoms with Crippen molar-refractivity contribution in [2.45, 2.75) is 26.1 Å². The Balaban J connectivity index is 1.94. The van der Waals surface area contributed by atoms with Crippen molar-refractivity contribution in [2.24, 2.45) is 0 Å². The Morgan fingerprint density at radius 1 is 1.36 bits per heavy atom. The molecule has 1 amide bonds. The largest absolute Gasteiger partial charge is 0.372 e. The molecule has 0 spiro atoms. The number of hydrogen-bond acceptors (Lipinski definition) is 4. The minimum absolute atomic E-state index is 0.109. The van der Waals surface area contributed by atoms with Crippen LogP contribution in [0.5, 0.6) is 0 Å². The van der Waals surface area contributed by atoms with Gasteiger partial charge < -0.3 is 20.1 Å². The van der Waals surface area contributed by atoms with Crippen LogP contribution in [0.25, 0.3) is 11.1 Å². The predicted octanol–water partition coefficient (Wildman–Crippen LogP) is 2.98. The number of carbonyl (C=O) groups excluding carboxylic acids is 1. The van der Waals surface area contributed by atoms with Crippen molar-refractivity contribution in [2.75, 3.05) is 32.8 Å². The lowest BCUT2D eigenvalue weighted by Gasteiger charge is -2.32. The molecule has 6 heteroatoms. The van der Waals surface area contributed by atoms with E-state index in [1.807, 2.05) is 37.3 Å². The van der Waals surface area contributed by atoms with Gasteiger partial charge in [-0.2, -0.15) is 0 Å². The summed E-state index contributed by atoms with van der Waals surface area (Å²) < 4.78 is 27.0. The molecule has 5 nitrogen and oxygen atoms in total. The highest BCUT2D eigenvalue weighted by molar-refractivity contribution is 5.72. The molecule has 2 N–H and O–H groups in total. The highest BCUT2D eigenvalue weighted by atomic mass is 19.1. The number of hydrogen-bond donors (Lipinski definition) is 2. The third kappa shape index (κ3) is 5.16. The second-order valence-electron chi connectivity index (χ2n) is 6.96. The zero-order chi connectivity index (χ0) is 19.9. The molecule has 1 aliphatic rings. The number of rotatable bonds is 7. The van der Waals surface area contributed by atoms with E-state index in [4.69, 9.17) is 9.47 Å². The first-order valence-corrected chi connectivity index (χ1v) is 9.60. The summed E-state index contributed by atoms with van der Waals surface area (Å²) in [6, 6.07) is 12.8. The van der Waals surface area contributed by atoms with Crippen molar-refractivity contribution in [1.29, 1.82) is 0 Å². The Morgan fingerprint density at radius 3 is 2.89 bits per heavy atom. The second-order valence-corrected chi connectivity index (χ2v) is 6.96. The maximum Gasteiger partial charge on any atom is 0.216 e. The number of carbonyl (C=O) groups is 1. The SMILES string of the molecule is CC(=O)NCCO[C@@H](c1cccc(F)c1-c1cccc(C)c1)C1CNCCO1. The fourth-order valence-electron chi connectivity index (χ4n) is 3.47. The molecule has 1 fully saturated rings. The second kappa shape index (κ2) is 9.78. The van der Waals surface area contributed by atoms with E-state index in [9.17, 15) is 9.18 Å². The van der Waals surface area contributed by atoms with Gasteiger partial charge in [-0.3, -0.25) is 4.79 Å². The monoisotopic (exact) mass is 386 g/mol. The lowest BCUT2D eigenvalue weighted by Crippen LogP contribution is -2.43. The number of morpholine rings is 1. The Kier molecular flexibility index (Phi) is 7.14. The smallest absolute Gasteiger partial charge is 0.216 e. The Labute approximate surface area is 165 Å². The summed E-state index contributed by atoms with van der Waals surface area (Å²) in [5, 5.41) is 6.03. The van der Waals surface area contributed by atoms with Gasteiger partial charge in [0.25, 0.3) is 0 Å². The molecule has 1 unspecified atom stereocenters. The highest BCUT2D eigenvalue weighted by Crippen LogP contribution is 2.35. The quantitative estimate of drug-likeness (QED) is 0.719. The molecule has 0 saturated carbocycles.